The number of likely N-dealkylation sites (N-methyl/N-ethyl adjacent to an activating group) is 1. The number of carboxylic acids is 2. The Morgan fingerprint density at radius 3 is 2.57 bits per heavy atom. The Bertz CT molecular complexity index is 1090. The number of carbonyl (C=O) groups is 3. The minimum absolute atomic E-state index is 0.00432. The third-order valence-corrected chi connectivity index (χ3v) is 9.26. The van der Waals surface area contributed by atoms with Gasteiger partial charge in [-0.2, -0.15) is 0 Å². The van der Waals surface area contributed by atoms with Crippen molar-refractivity contribution in [2.45, 2.75) is 55.8 Å². The maximum Gasteiger partial charge on any atom is 0.414 e. The van der Waals surface area contributed by atoms with E-state index >= 15 is 0 Å². The van der Waals surface area contributed by atoms with Gasteiger partial charge in [-0.05, 0) is 38.7 Å². The molecule has 2 fully saturated rings. The molecule has 2 N–H and O–H groups in total. The molecule has 3 heterocycles. The first kappa shape index (κ1) is 25.8. The van der Waals surface area contributed by atoms with Crippen LogP contribution in [-0.2, 0) is 30.4 Å². The monoisotopic (exact) mass is 520 g/mol. The van der Waals surface area contributed by atoms with Gasteiger partial charge in [-0.1, -0.05) is 36.4 Å². The van der Waals surface area contributed by atoms with Gasteiger partial charge in [0.15, 0.2) is 6.04 Å². The molecule has 0 aromatic heterocycles. The molecule has 1 aromatic carbocycles. The molecule has 0 amide bonds. The van der Waals surface area contributed by atoms with Crippen molar-refractivity contribution in [2.24, 2.45) is 5.92 Å². The van der Waals surface area contributed by atoms with Crippen LogP contribution in [0.4, 0.5) is 0 Å². The Morgan fingerprint density at radius 2 is 1.91 bits per heavy atom. The molecule has 35 heavy (non-hydrogen) atoms. The van der Waals surface area contributed by atoms with Gasteiger partial charge in [-0.15, -0.1) is 23.4 Å². The standard InChI is InChI=1S/C24H29ClNO2S.C2H2O4/c1-3-26-13-7-9-18(23(27)28-4-2)22(26)24(26)19-10-6-5-8-16(19)15-29-21-12-11-17(25)14-20(21)24;3-1(4)2(5)6/h5-6,8,10-12,17-18,22H,3-4,7,9,13-15H2,1-2H3;(H,3,4)(H,5,6)/q+1;/t17?,18?,22?,24-,26?;/m1./s1. The average Bonchev–Trinajstić information content (AvgIpc) is 3.51. The maximum absolute atomic E-state index is 13.0. The summed E-state index contributed by atoms with van der Waals surface area (Å²) in [4.78, 5) is 32.6. The predicted octanol–water partition coefficient (Wildman–Crippen LogP) is 4.30. The van der Waals surface area contributed by atoms with Gasteiger partial charge >= 0.3 is 17.9 Å². The molecule has 1 spiro atoms. The number of rotatable bonds is 3. The van der Waals surface area contributed by atoms with Gasteiger partial charge in [0.05, 0.1) is 25.1 Å². The molecule has 4 aliphatic rings. The van der Waals surface area contributed by atoms with E-state index in [1.807, 2.05) is 18.7 Å². The zero-order valence-corrected chi connectivity index (χ0v) is 21.5. The first-order chi connectivity index (χ1) is 16.7. The van der Waals surface area contributed by atoms with Crippen LogP contribution in [-0.4, -0.2) is 63.7 Å². The summed E-state index contributed by atoms with van der Waals surface area (Å²) in [6, 6.07) is 9.19. The van der Waals surface area contributed by atoms with E-state index in [9.17, 15) is 4.79 Å². The molecule has 9 heteroatoms. The van der Waals surface area contributed by atoms with E-state index in [4.69, 9.17) is 36.1 Å². The van der Waals surface area contributed by atoms with Gasteiger partial charge in [-0.3, -0.25) is 9.28 Å². The number of hydrogen-bond donors (Lipinski definition) is 2. The molecule has 2 saturated heterocycles. The average molecular weight is 521 g/mol. The van der Waals surface area contributed by atoms with Gasteiger partial charge in [-0.25, -0.2) is 9.59 Å². The highest BCUT2D eigenvalue weighted by atomic mass is 35.5. The lowest BCUT2D eigenvalue weighted by atomic mass is 9.77. The summed E-state index contributed by atoms with van der Waals surface area (Å²) in [5.41, 5.74) is 4.18. The van der Waals surface area contributed by atoms with E-state index in [0.717, 1.165) is 42.6 Å². The van der Waals surface area contributed by atoms with Crippen LogP contribution in [0.3, 0.4) is 0 Å². The van der Waals surface area contributed by atoms with Gasteiger partial charge < -0.3 is 14.9 Å². The number of fused-ring (bicyclic) bond motifs is 6. The first-order valence-corrected chi connectivity index (χ1v) is 13.4. The van der Waals surface area contributed by atoms with E-state index in [1.54, 1.807) is 0 Å². The fourth-order valence-corrected chi connectivity index (χ4v) is 8.05. The lowest BCUT2D eigenvalue weighted by Gasteiger charge is -2.31. The number of halogens is 1. The molecule has 5 atom stereocenters. The summed E-state index contributed by atoms with van der Waals surface area (Å²) >= 11 is 8.62. The van der Waals surface area contributed by atoms with Crippen molar-refractivity contribution < 1.29 is 33.8 Å². The van der Waals surface area contributed by atoms with Crippen molar-refractivity contribution in [3.8, 4) is 0 Å². The van der Waals surface area contributed by atoms with Gasteiger partial charge in [0.2, 0.25) is 5.54 Å². The number of ether oxygens (including phenoxy) is 1. The van der Waals surface area contributed by atoms with Crippen LogP contribution in [0.2, 0.25) is 0 Å². The Morgan fingerprint density at radius 1 is 1.20 bits per heavy atom. The van der Waals surface area contributed by atoms with Crippen LogP contribution < -0.4 is 0 Å². The van der Waals surface area contributed by atoms with Crippen molar-refractivity contribution >= 4 is 41.3 Å². The normalized spacial score (nSPS) is 32.3. The zero-order chi connectivity index (χ0) is 25.4. The smallest absolute Gasteiger partial charge is 0.414 e. The SMILES string of the molecule is CCOC(=O)C1CCC[N+]2(CC)C1[C@@]21C2=C(C=CC(Cl)C2)SCc2ccccc21.O=C(O)C(=O)O. The zero-order valence-electron chi connectivity index (χ0n) is 19.9. The Kier molecular flexibility index (Phi) is 7.36. The lowest BCUT2D eigenvalue weighted by Crippen LogP contribution is -2.41. The first-order valence-electron chi connectivity index (χ1n) is 12.0. The van der Waals surface area contributed by atoms with Gasteiger partial charge in [0.25, 0.3) is 0 Å². The number of allylic oxidation sites excluding steroid dienone is 2. The van der Waals surface area contributed by atoms with Crippen molar-refractivity contribution in [1.82, 2.24) is 0 Å². The summed E-state index contributed by atoms with van der Waals surface area (Å²) in [5, 5.41) is 14.8. The third-order valence-electron chi connectivity index (χ3n) is 7.81. The lowest BCUT2D eigenvalue weighted by molar-refractivity contribution is -0.846. The number of benzene rings is 1. The van der Waals surface area contributed by atoms with Crippen LogP contribution in [0.1, 0.15) is 44.2 Å². The van der Waals surface area contributed by atoms with Crippen molar-refractivity contribution in [1.29, 1.82) is 0 Å². The highest BCUT2D eigenvalue weighted by Gasteiger charge is 2.85. The highest BCUT2D eigenvalue weighted by Crippen LogP contribution is 2.70. The molecule has 1 aromatic rings. The minimum Gasteiger partial charge on any atom is -0.473 e. The molecule has 3 aliphatic heterocycles. The molecule has 0 bridgehead atoms. The highest BCUT2D eigenvalue weighted by molar-refractivity contribution is 8.02. The number of nitrogens with zero attached hydrogens (tertiary/aromatic N) is 1. The molecule has 0 saturated carbocycles. The van der Waals surface area contributed by atoms with E-state index in [2.05, 4.69) is 43.3 Å². The molecule has 4 unspecified atom stereocenters. The number of esters is 1. The summed E-state index contributed by atoms with van der Waals surface area (Å²) in [6.45, 7) is 6.82. The van der Waals surface area contributed by atoms with E-state index < -0.39 is 11.9 Å². The molecule has 0 radical (unpaired) electrons. The summed E-state index contributed by atoms with van der Waals surface area (Å²) in [6.07, 6.45) is 7.26. The molecule has 7 nitrogen and oxygen atoms in total. The van der Waals surface area contributed by atoms with Crippen LogP contribution >= 0.6 is 23.4 Å². The largest absolute Gasteiger partial charge is 0.473 e. The number of thioether (sulfide) groups is 1. The number of aliphatic carboxylic acids is 2. The number of carbonyl (C=O) groups excluding carboxylic acids is 1. The number of quaternary nitrogens is 1. The van der Waals surface area contributed by atoms with Crippen LogP contribution in [0.15, 0.2) is 46.9 Å². The van der Waals surface area contributed by atoms with Crippen molar-refractivity contribution in [3.63, 3.8) is 0 Å². The maximum atomic E-state index is 13.0. The second kappa shape index (κ2) is 9.99. The molecular weight excluding hydrogens is 490 g/mol. The number of piperidine rings is 1. The van der Waals surface area contributed by atoms with E-state index in [1.165, 1.54) is 21.6 Å². The topological polar surface area (TPSA) is 101 Å². The summed E-state index contributed by atoms with van der Waals surface area (Å²) in [7, 11) is 0. The minimum atomic E-state index is -1.82. The number of hydrogen-bond acceptors (Lipinski definition) is 5. The molecular formula is C26H31ClNO6S+. The number of alkyl halides is 1. The molecule has 5 rings (SSSR count). The fraction of sp³-hybridized carbons (Fsp3) is 0.500. The molecule has 188 valence electrons. The third kappa shape index (κ3) is 4.09. The van der Waals surface area contributed by atoms with E-state index in [-0.39, 0.29) is 28.8 Å². The predicted molar refractivity (Wildman–Crippen MR) is 134 cm³/mol. The summed E-state index contributed by atoms with van der Waals surface area (Å²) in [5.74, 6) is -2.71. The van der Waals surface area contributed by atoms with Crippen molar-refractivity contribution in [2.75, 3.05) is 19.7 Å². The van der Waals surface area contributed by atoms with Gasteiger partial charge in [0, 0.05) is 21.8 Å². The fourth-order valence-electron chi connectivity index (χ4n) is 6.67. The van der Waals surface area contributed by atoms with Crippen LogP contribution in [0.5, 0.6) is 0 Å². The van der Waals surface area contributed by atoms with Gasteiger partial charge in [0.1, 0.15) is 5.92 Å². The number of carboxylic acid groups (broad SMARTS) is 2. The van der Waals surface area contributed by atoms with Crippen LogP contribution in [0.25, 0.3) is 0 Å². The Hall–Kier alpha value is -2.29. The Labute approximate surface area is 214 Å². The van der Waals surface area contributed by atoms with Crippen molar-refractivity contribution in [3.05, 3.63) is 58.0 Å². The Balaban J connectivity index is 0.000000431. The van der Waals surface area contributed by atoms with Crippen LogP contribution in [0, 0.1) is 5.92 Å². The van der Waals surface area contributed by atoms with E-state index in [0.29, 0.717) is 6.61 Å². The summed E-state index contributed by atoms with van der Waals surface area (Å²) < 4.78 is 6.56. The molecule has 1 aliphatic carbocycles. The second-order valence-corrected chi connectivity index (χ2v) is 10.8. The second-order valence-electron chi connectivity index (χ2n) is 9.26. The quantitative estimate of drug-likeness (QED) is 0.201.